The van der Waals surface area contributed by atoms with E-state index in [2.05, 4.69) is 25.8 Å². The lowest BCUT2D eigenvalue weighted by molar-refractivity contribution is 0.451. The van der Waals surface area contributed by atoms with Crippen LogP contribution >= 0.6 is 15.9 Å². The summed E-state index contributed by atoms with van der Waals surface area (Å²) in [5.74, 6) is 1.22. The van der Waals surface area contributed by atoms with Gasteiger partial charge in [-0.3, -0.25) is 4.79 Å². The third-order valence-corrected chi connectivity index (χ3v) is 3.95. The van der Waals surface area contributed by atoms with Gasteiger partial charge in [-0.2, -0.15) is 0 Å². The van der Waals surface area contributed by atoms with Crippen LogP contribution in [-0.2, 0) is 7.05 Å². The lowest BCUT2D eigenvalue weighted by Crippen LogP contribution is -2.40. The zero-order valence-electron chi connectivity index (χ0n) is 9.40. The topological polar surface area (TPSA) is 38.1 Å². The van der Waals surface area contributed by atoms with E-state index in [9.17, 15) is 4.79 Å². The van der Waals surface area contributed by atoms with Gasteiger partial charge in [0.25, 0.3) is 5.56 Å². The lowest BCUT2D eigenvalue weighted by atomic mass is 10.0. The standard InChI is InChI=1S/C11H16BrN3O/c1-14-6-4-13-10(11(14)16)15-5-2-3-9(7-12)8-15/h4,6,9H,2-3,5,7-8H2,1H3. The van der Waals surface area contributed by atoms with Crippen molar-refractivity contribution in [2.45, 2.75) is 12.8 Å². The van der Waals surface area contributed by atoms with Crippen molar-refractivity contribution in [1.82, 2.24) is 9.55 Å². The van der Waals surface area contributed by atoms with Crippen LogP contribution < -0.4 is 10.5 Å². The summed E-state index contributed by atoms with van der Waals surface area (Å²) in [5.41, 5.74) is -0.00211. The van der Waals surface area contributed by atoms with Crippen molar-refractivity contribution in [3.63, 3.8) is 0 Å². The van der Waals surface area contributed by atoms with E-state index in [1.54, 1.807) is 24.0 Å². The normalized spacial score (nSPS) is 21.1. The summed E-state index contributed by atoms with van der Waals surface area (Å²) in [5, 5.41) is 0.997. The van der Waals surface area contributed by atoms with Crippen LogP contribution in [0.1, 0.15) is 12.8 Å². The molecule has 0 N–H and O–H groups in total. The highest BCUT2D eigenvalue weighted by molar-refractivity contribution is 9.09. The van der Waals surface area contributed by atoms with Crippen LogP contribution in [0.15, 0.2) is 17.2 Å². The van der Waals surface area contributed by atoms with Crippen LogP contribution in [0.4, 0.5) is 5.82 Å². The van der Waals surface area contributed by atoms with E-state index in [-0.39, 0.29) is 5.56 Å². The highest BCUT2D eigenvalue weighted by atomic mass is 79.9. The van der Waals surface area contributed by atoms with Crippen molar-refractivity contribution in [3.8, 4) is 0 Å². The molecule has 0 aromatic carbocycles. The van der Waals surface area contributed by atoms with Crippen LogP contribution in [0.5, 0.6) is 0 Å². The highest BCUT2D eigenvalue weighted by Crippen LogP contribution is 2.20. The molecule has 0 amide bonds. The molecule has 0 bridgehead atoms. The van der Waals surface area contributed by atoms with Gasteiger partial charge < -0.3 is 9.47 Å². The van der Waals surface area contributed by atoms with Gasteiger partial charge in [-0.05, 0) is 18.8 Å². The molecule has 1 aliphatic heterocycles. The first kappa shape index (κ1) is 11.6. The van der Waals surface area contributed by atoms with Crippen molar-refractivity contribution < 1.29 is 0 Å². The fourth-order valence-corrected chi connectivity index (χ4v) is 2.61. The van der Waals surface area contributed by atoms with Crippen LogP contribution in [-0.4, -0.2) is 28.0 Å². The first-order valence-corrected chi connectivity index (χ1v) is 6.67. The Morgan fingerprint density at radius 2 is 2.44 bits per heavy atom. The Kier molecular flexibility index (Phi) is 3.63. The number of halogens is 1. The lowest BCUT2D eigenvalue weighted by Gasteiger charge is -2.32. The Morgan fingerprint density at radius 3 is 3.19 bits per heavy atom. The van der Waals surface area contributed by atoms with Crippen molar-refractivity contribution >= 4 is 21.7 Å². The molecule has 2 rings (SSSR count). The Balaban J connectivity index is 2.23. The molecular weight excluding hydrogens is 270 g/mol. The van der Waals surface area contributed by atoms with Crippen molar-refractivity contribution in [2.24, 2.45) is 13.0 Å². The minimum atomic E-state index is -0.00211. The number of aryl methyl sites for hydroxylation is 1. The van der Waals surface area contributed by atoms with Gasteiger partial charge in [0.1, 0.15) is 0 Å². The highest BCUT2D eigenvalue weighted by Gasteiger charge is 2.21. The van der Waals surface area contributed by atoms with Crippen LogP contribution in [0.3, 0.4) is 0 Å². The van der Waals surface area contributed by atoms with Gasteiger partial charge in [0.15, 0.2) is 5.82 Å². The second-order valence-corrected chi connectivity index (χ2v) is 4.92. The molecule has 1 aromatic heterocycles. The number of alkyl halides is 1. The molecule has 5 heteroatoms. The van der Waals surface area contributed by atoms with Crippen molar-refractivity contribution in [3.05, 3.63) is 22.7 Å². The number of nitrogens with zero attached hydrogens (tertiary/aromatic N) is 3. The first-order valence-electron chi connectivity index (χ1n) is 5.55. The summed E-state index contributed by atoms with van der Waals surface area (Å²) in [6.45, 7) is 1.87. The Morgan fingerprint density at radius 1 is 1.62 bits per heavy atom. The number of rotatable bonds is 2. The number of anilines is 1. The van der Waals surface area contributed by atoms with Crippen LogP contribution in [0.25, 0.3) is 0 Å². The summed E-state index contributed by atoms with van der Waals surface area (Å²) in [7, 11) is 1.76. The molecule has 1 saturated heterocycles. The molecular formula is C11H16BrN3O. The van der Waals surface area contributed by atoms with Gasteiger partial charge in [-0.1, -0.05) is 15.9 Å². The number of hydrogen-bond acceptors (Lipinski definition) is 3. The number of hydrogen-bond donors (Lipinski definition) is 0. The predicted octanol–water partition coefficient (Wildman–Crippen LogP) is 1.39. The van der Waals surface area contributed by atoms with E-state index >= 15 is 0 Å². The molecule has 0 spiro atoms. The van der Waals surface area contributed by atoms with Crippen LogP contribution in [0, 0.1) is 5.92 Å². The van der Waals surface area contributed by atoms with E-state index in [0.717, 1.165) is 24.8 Å². The first-order chi connectivity index (χ1) is 7.72. The third-order valence-electron chi connectivity index (χ3n) is 3.04. The molecule has 16 heavy (non-hydrogen) atoms. The third kappa shape index (κ3) is 2.29. The molecule has 1 fully saturated rings. The second kappa shape index (κ2) is 4.99. The van der Waals surface area contributed by atoms with Gasteiger partial charge in [-0.25, -0.2) is 4.98 Å². The van der Waals surface area contributed by atoms with Gasteiger partial charge in [0, 0.05) is 37.9 Å². The minimum Gasteiger partial charge on any atom is -0.352 e. The second-order valence-electron chi connectivity index (χ2n) is 4.28. The molecule has 1 atom stereocenters. The van der Waals surface area contributed by atoms with Gasteiger partial charge in [0.2, 0.25) is 0 Å². The Labute approximate surface area is 103 Å². The van der Waals surface area contributed by atoms with Crippen molar-refractivity contribution in [1.29, 1.82) is 0 Å². The summed E-state index contributed by atoms with van der Waals surface area (Å²) < 4.78 is 1.58. The molecule has 4 nitrogen and oxygen atoms in total. The minimum absolute atomic E-state index is 0.00211. The SMILES string of the molecule is Cn1ccnc(N2CCCC(CBr)C2)c1=O. The van der Waals surface area contributed by atoms with Gasteiger partial charge in [-0.15, -0.1) is 0 Å². The average molecular weight is 286 g/mol. The summed E-state index contributed by atoms with van der Waals surface area (Å²) in [6, 6.07) is 0. The van der Waals surface area contributed by atoms with Crippen molar-refractivity contribution in [2.75, 3.05) is 23.3 Å². The van der Waals surface area contributed by atoms with E-state index in [1.165, 1.54) is 6.42 Å². The fraction of sp³-hybridized carbons (Fsp3) is 0.636. The zero-order valence-corrected chi connectivity index (χ0v) is 11.0. The maximum Gasteiger partial charge on any atom is 0.293 e. The molecule has 88 valence electrons. The van der Waals surface area contributed by atoms with Crippen LogP contribution in [0.2, 0.25) is 0 Å². The predicted molar refractivity (Wildman–Crippen MR) is 68.2 cm³/mol. The molecule has 0 aliphatic carbocycles. The van der Waals surface area contributed by atoms with E-state index in [0.29, 0.717) is 11.7 Å². The summed E-state index contributed by atoms with van der Waals surface area (Å²) >= 11 is 3.51. The number of aromatic nitrogens is 2. The maximum atomic E-state index is 11.9. The van der Waals surface area contributed by atoms with E-state index in [4.69, 9.17) is 0 Å². The molecule has 1 aromatic rings. The van der Waals surface area contributed by atoms with E-state index < -0.39 is 0 Å². The largest absolute Gasteiger partial charge is 0.352 e. The smallest absolute Gasteiger partial charge is 0.293 e. The monoisotopic (exact) mass is 285 g/mol. The average Bonchev–Trinajstić information content (AvgIpc) is 2.33. The Bertz CT molecular complexity index is 418. The number of piperidine rings is 1. The Hall–Kier alpha value is -0.840. The van der Waals surface area contributed by atoms with Gasteiger partial charge >= 0.3 is 0 Å². The molecule has 2 heterocycles. The van der Waals surface area contributed by atoms with E-state index in [1.807, 2.05) is 0 Å². The fourth-order valence-electron chi connectivity index (χ4n) is 2.08. The summed E-state index contributed by atoms with van der Waals surface area (Å²) in [6.07, 6.45) is 5.75. The molecule has 0 radical (unpaired) electrons. The molecule has 1 aliphatic rings. The molecule has 0 saturated carbocycles. The summed E-state index contributed by atoms with van der Waals surface area (Å²) in [4.78, 5) is 18.2. The quantitative estimate of drug-likeness (QED) is 0.771. The molecule has 1 unspecified atom stereocenters. The zero-order chi connectivity index (χ0) is 11.5. The maximum absolute atomic E-state index is 11.9. The van der Waals surface area contributed by atoms with Gasteiger partial charge in [0.05, 0.1) is 0 Å².